The topological polar surface area (TPSA) is 46.8 Å². The molecule has 1 aliphatic heterocycles. The van der Waals surface area contributed by atoms with E-state index in [0.717, 1.165) is 5.56 Å². The van der Waals surface area contributed by atoms with Crippen LogP contribution in [-0.2, 0) is 11.3 Å². The summed E-state index contributed by atoms with van der Waals surface area (Å²) in [6.45, 7) is 0.456. The van der Waals surface area contributed by atoms with Gasteiger partial charge in [0.15, 0.2) is 5.78 Å². The van der Waals surface area contributed by atoms with Gasteiger partial charge < -0.3 is 17.1 Å². The number of nitrogens with zero attached hydrogens (tertiary/aromatic N) is 2. The van der Waals surface area contributed by atoms with Crippen LogP contribution < -0.4 is 17.4 Å². The first-order valence-corrected chi connectivity index (χ1v) is 12.6. The predicted octanol–water partition coefficient (Wildman–Crippen LogP) is 2.96. The lowest BCUT2D eigenvalue weighted by molar-refractivity contribution is -0.506. The summed E-state index contributed by atoms with van der Waals surface area (Å²) >= 11 is 31.9. The third-order valence-electron chi connectivity index (χ3n) is 5.55. The van der Waals surface area contributed by atoms with E-state index in [4.69, 9.17) is 62.9 Å². The first-order chi connectivity index (χ1) is 16.8. The highest BCUT2D eigenvalue weighted by atomic mass is 35.5. The van der Waals surface area contributed by atoms with Gasteiger partial charge in [0.1, 0.15) is 12.6 Å². The Bertz CT molecular complexity index is 1210. The first-order valence-electron chi connectivity index (χ1n) is 10.7. The van der Waals surface area contributed by atoms with Crippen LogP contribution in [0.5, 0.6) is 0 Å². The monoisotopic (exact) mass is 605 g/mol. The van der Waals surface area contributed by atoms with Crippen molar-refractivity contribution in [2.24, 2.45) is 0 Å². The third-order valence-corrected chi connectivity index (χ3v) is 7.25. The van der Waals surface area contributed by atoms with E-state index >= 15 is 0 Å². The molecule has 1 aliphatic rings. The van der Waals surface area contributed by atoms with E-state index in [1.807, 2.05) is 24.3 Å². The Labute approximate surface area is 241 Å². The molecular weight excluding hydrogens is 587 g/mol. The molecule has 2 unspecified atom stereocenters. The van der Waals surface area contributed by atoms with Gasteiger partial charge in [-0.25, -0.2) is 0 Å². The molecule has 1 heterocycles. The Morgan fingerprint density at radius 3 is 2.31 bits per heavy atom. The van der Waals surface area contributed by atoms with Gasteiger partial charge in [0, 0.05) is 48.6 Å². The quantitative estimate of drug-likeness (QED) is 0.300. The normalized spacial score (nSPS) is 16.1. The molecule has 0 amide bonds. The van der Waals surface area contributed by atoms with E-state index in [-0.39, 0.29) is 31.2 Å². The number of rotatable bonds is 9. The van der Waals surface area contributed by atoms with Gasteiger partial charge in [-0.1, -0.05) is 88.9 Å². The van der Waals surface area contributed by atoms with Gasteiger partial charge in [-0.3, -0.25) is 9.79 Å². The van der Waals surface area contributed by atoms with Gasteiger partial charge >= 0.3 is 0 Å². The lowest BCUT2D eigenvalue weighted by Crippen LogP contribution is -3.00. The molecule has 0 spiro atoms. The summed E-state index contributed by atoms with van der Waals surface area (Å²) in [6, 6.07) is 19.6. The van der Waals surface area contributed by atoms with Crippen molar-refractivity contribution in [3.63, 3.8) is 0 Å². The number of hydrazine groups is 1. The highest BCUT2D eigenvalue weighted by Crippen LogP contribution is 2.32. The molecule has 4 rings (SSSR count). The van der Waals surface area contributed by atoms with E-state index in [1.165, 1.54) is 4.53 Å². The van der Waals surface area contributed by atoms with Crippen molar-refractivity contribution in [1.82, 2.24) is 9.54 Å². The fraction of sp³-hybridized carbons (Fsp3) is 0.200. The van der Waals surface area contributed by atoms with Gasteiger partial charge in [-0.05, 0) is 28.8 Å². The molecule has 0 saturated heterocycles. The van der Waals surface area contributed by atoms with Gasteiger partial charge in [0.25, 0.3) is 6.34 Å². The molecule has 2 atom stereocenters. The molecule has 0 radical (unpaired) electrons. The molecule has 3 aromatic rings. The molecule has 0 bridgehead atoms. The van der Waals surface area contributed by atoms with Crippen LogP contribution in [0.4, 0.5) is 0 Å². The second-order valence-electron chi connectivity index (χ2n) is 7.88. The molecular formula is C25H21Cl6N3O2. The number of nitrogens with one attached hydrogen (secondary N) is 1. The minimum atomic E-state index is -0.519. The smallest absolute Gasteiger partial charge is 0.253 e. The average Bonchev–Trinajstić information content (AvgIpc) is 3.17. The minimum absolute atomic E-state index is 0. The van der Waals surface area contributed by atoms with Crippen LogP contribution in [0.3, 0.4) is 0 Å². The zero-order valence-electron chi connectivity index (χ0n) is 18.7. The maximum atomic E-state index is 12.7. The largest absolute Gasteiger partial charge is 1.00 e. The number of carbonyl (C=O) groups is 1. The number of benzene rings is 3. The molecule has 5 nitrogen and oxygen atoms in total. The standard InChI is InChI=1S/C25H20Cl5N3O2.ClH/c26-17-9-10-18(22(29)11-17)24(35-14-19-20(27)7-4-8-21(19)28)13-32-15-31-25(33(32)30)12-23(34)16-5-2-1-3-6-16;/h1-11,15,24-25H,12-14H2;1H. The van der Waals surface area contributed by atoms with E-state index in [2.05, 4.69) is 4.99 Å². The first kappa shape index (κ1) is 29.0. The molecule has 36 heavy (non-hydrogen) atoms. The molecule has 0 fully saturated rings. The number of carbonyl (C=O) groups excluding carboxylic acids is 1. The van der Waals surface area contributed by atoms with Crippen LogP contribution in [0.2, 0.25) is 20.1 Å². The molecule has 1 N–H and O–H groups in total. The maximum Gasteiger partial charge on any atom is 0.253 e. The Hall–Kier alpha value is -1.54. The Morgan fingerprint density at radius 2 is 1.64 bits per heavy atom. The second kappa shape index (κ2) is 13.3. The van der Waals surface area contributed by atoms with Crippen molar-refractivity contribution in [3.8, 4) is 0 Å². The van der Waals surface area contributed by atoms with Crippen LogP contribution in [0, 0.1) is 0 Å². The SMILES string of the molecule is O=C(CC1[NH+]=CN(CC(OCc2c(Cl)cccc2Cl)c2ccc(Cl)cc2Cl)N1Cl)c1ccccc1.[Cl-]. The fourth-order valence-corrected chi connectivity index (χ4v) is 4.95. The summed E-state index contributed by atoms with van der Waals surface area (Å²) in [5.41, 5.74) is 2.02. The van der Waals surface area contributed by atoms with Gasteiger partial charge in [-0.2, -0.15) is 5.01 Å². The van der Waals surface area contributed by atoms with E-state index < -0.39 is 12.3 Å². The predicted molar refractivity (Wildman–Crippen MR) is 141 cm³/mol. The van der Waals surface area contributed by atoms with Crippen LogP contribution in [0.1, 0.15) is 34.0 Å². The summed E-state index contributed by atoms with van der Waals surface area (Å²) in [6.07, 6.45) is 0.945. The zero-order chi connectivity index (χ0) is 24.9. The van der Waals surface area contributed by atoms with Crippen LogP contribution in [-0.4, -0.2) is 34.4 Å². The maximum absolute atomic E-state index is 12.7. The zero-order valence-corrected chi connectivity index (χ0v) is 23.2. The Balaban J connectivity index is 0.00000361. The lowest BCUT2D eigenvalue weighted by Gasteiger charge is -2.24. The number of hydrogen-bond acceptors (Lipinski definition) is 4. The lowest BCUT2D eigenvalue weighted by atomic mass is 10.1. The van der Waals surface area contributed by atoms with Gasteiger partial charge in [0.05, 0.1) is 13.0 Å². The second-order valence-corrected chi connectivity index (χ2v) is 9.89. The molecule has 0 aliphatic carbocycles. The summed E-state index contributed by atoms with van der Waals surface area (Å²) in [5, 5.41) is 3.71. The van der Waals surface area contributed by atoms with Crippen LogP contribution >= 0.6 is 58.2 Å². The highest BCUT2D eigenvalue weighted by molar-refractivity contribution is 6.36. The van der Waals surface area contributed by atoms with E-state index in [1.54, 1.807) is 53.8 Å². The number of Topliss-reactive ketones (excluding diaryl/α,β-unsaturated/α-hetero) is 1. The Morgan fingerprint density at radius 1 is 0.944 bits per heavy atom. The van der Waals surface area contributed by atoms with Crippen LogP contribution in [0.15, 0.2) is 66.7 Å². The van der Waals surface area contributed by atoms with Crippen molar-refractivity contribution < 1.29 is 26.9 Å². The third kappa shape index (κ3) is 7.06. The van der Waals surface area contributed by atoms with Gasteiger partial charge in [0.2, 0.25) is 6.17 Å². The molecule has 11 heteroatoms. The van der Waals surface area contributed by atoms with Crippen molar-refractivity contribution in [1.29, 1.82) is 0 Å². The average molecular weight is 608 g/mol. The summed E-state index contributed by atoms with van der Waals surface area (Å²) in [5.74, 6) is -0.0223. The van der Waals surface area contributed by atoms with Gasteiger partial charge in [-0.15, -0.1) is 0 Å². The summed E-state index contributed by atoms with van der Waals surface area (Å²) in [4.78, 5) is 15.8. The van der Waals surface area contributed by atoms with Crippen LogP contribution in [0.25, 0.3) is 0 Å². The number of hydrogen-bond donors (Lipinski definition) is 1. The number of ether oxygens (including phenoxy) is 1. The number of ketones is 1. The summed E-state index contributed by atoms with van der Waals surface area (Å²) in [7, 11) is 0. The molecule has 0 saturated carbocycles. The van der Waals surface area contributed by atoms with E-state index in [0.29, 0.717) is 37.8 Å². The van der Waals surface area contributed by atoms with Crippen molar-refractivity contribution in [3.05, 3.63) is 104 Å². The number of halogens is 6. The Kier molecular flexibility index (Phi) is 10.7. The van der Waals surface area contributed by atoms with Crippen molar-refractivity contribution in [2.75, 3.05) is 6.54 Å². The highest BCUT2D eigenvalue weighted by Gasteiger charge is 2.37. The fourth-order valence-electron chi connectivity index (χ4n) is 3.68. The van der Waals surface area contributed by atoms with Crippen molar-refractivity contribution >= 4 is 70.3 Å². The molecule has 190 valence electrons. The molecule has 0 aromatic heterocycles. The molecule has 3 aromatic carbocycles. The van der Waals surface area contributed by atoms with E-state index in [9.17, 15) is 4.79 Å². The summed E-state index contributed by atoms with van der Waals surface area (Å²) < 4.78 is 7.70. The minimum Gasteiger partial charge on any atom is -1.00 e. The van der Waals surface area contributed by atoms with Crippen molar-refractivity contribution in [2.45, 2.75) is 25.3 Å².